The summed E-state index contributed by atoms with van der Waals surface area (Å²) in [4.78, 5) is 10.8. The number of benzene rings is 2. The molecule has 0 aliphatic carbocycles. The first-order valence-electron chi connectivity index (χ1n) is 6.49. The summed E-state index contributed by atoms with van der Waals surface area (Å²) >= 11 is 5.82. The van der Waals surface area contributed by atoms with E-state index in [-0.39, 0.29) is 6.42 Å². The van der Waals surface area contributed by atoms with Crippen molar-refractivity contribution in [2.24, 2.45) is 5.73 Å². The molecule has 0 aliphatic heterocycles. The highest BCUT2D eigenvalue weighted by atomic mass is 35.5. The SMILES string of the molecule is NC(Cc1cccc(OCc2ccc(Cl)cc2)c1)C(=O)O. The average Bonchev–Trinajstić information content (AvgIpc) is 2.47. The number of carboxylic acids is 1. The molecule has 1 unspecified atom stereocenters. The Morgan fingerprint density at radius 3 is 2.57 bits per heavy atom. The molecule has 0 bridgehead atoms. The van der Waals surface area contributed by atoms with Gasteiger partial charge in [-0.05, 0) is 41.8 Å². The minimum Gasteiger partial charge on any atom is -0.489 e. The number of rotatable bonds is 6. The molecule has 0 heterocycles. The van der Waals surface area contributed by atoms with Crippen LogP contribution in [-0.2, 0) is 17.8 Å². The Morgan fingerprint density at radius 2 is 1.90 bits per heavy atom. The van der Waals surface area contributed by atoms with E-state index in [4.69, 9.17) is 27.2 Å². The molecule has 2 rings (SSSR count). The van der Waals surface area contributed by atoms with Gasteiger partial charge < -0.3 is 15.6 Å². The fourth-order valence-electron chi connectivity index (χ4n) is 1.85. The monoisotopic (exact) mass is 305 g/mol. The first-order valence-corrected chi connectivity index (χ1v) is 6.87. The molecular formula is C16H16ClNO3. The number of aliphatic carboxylic acids is 1. The summed E-state index contributed by atoms with van der Waals surface area (Å²) in [6.45, 7) is 0.422. The Hall–Kier alpha value is -2.04. The van der Waals surface area contributed by atoms with Crippen LogP contribution in [0.3, 0.4) is 0 Å². The maximum absolute atomic E-state index is 10.8. The molecule has 0 aromatic heterocycles. The van der Waals surface area contributed by atoms with Crippen LogP contribution in [0.2, 0.25) is 5.02 Å². The quantitative estimate of drug-likeness (QED) is 0.860. The van der Waals surface area contributed by atoms with E-state index in [1.807, 2.05) is 42.5 Å². The number of nitrogens with two attached hydrogens (primary N) is 1. The lowest BCUT2D eigenvalue weighted by atomic mass is 10.1. The van der Waals surface area contributed by atoms with Gasteiger partial charge in [-0.25, -0.2) is 0 Å². The lowest BCUT2D eigenvalue weighted by Gasteiger charge is -2.10. The maximum atomic E-state index is 10.8. The van der Waals surface area contributed by atoms with E-state index in [9.17, 15) is 4.79 Å². The van der Waals surface area contributed by atoms with Crippen LogP contribution in [0.4, 0.5) is 0 Å². The molecule has 0 amide bonds. The second kappa shape index (κ2) is 7.11. The van der Waals surface area contributed by atoms with Gasteiger partial charge in [0.1, 0.15) is 18.4 Å². The third-order valence-electron chi connectivity index (χ3n) is 2.99. The lowest BCUT2D eigenvalue weighted by molar-refractivity contribution is -0.138. The minimum atomic E-state index is -1.01. The van der Waals surface area contributed by atoms with Crippen molar-refractivity contribution in [3.05, 3.63) is 64.7 Å². The van der Waals surface area contributed by atoms with E-state index >= 15 is 0 Å². The van der Waals surface area contributed by atoms with Crippen LogP contribution in [0, 0.1) is 0 Å². The molecule has 110 valence electrons. The predicted octanol–water partition coefficient (Wildman–Crippen LogP) is 2.87. The van der Waals surface area contributed by atoms with Gasteiger partial charge in [-0.3, -0.25) is 4.79 Å². The number of hydrogen-bond acceptors (Lipinski definition) is 3. The number of hydrogen-bond donors (Lipinski definition) is 2. The highest BCUT2D eigenvalue weighted by molar-refractivity contribution is 6.30. The molecule has 0 fully saturated rings. The molecule has 2 aromatic carbocycles. The summed E-state index contributed by atoms with van der Waals surface area (Å²) in [7, 11) is 0. The summed E-state index contributed by atoms with van der Waals surface area (Å²) in [5.41, 5.74) is 7.36. The fraction of sp³-hybridized carbons (Fsp3) is 0.188. The van der Waals surface area contributed by atoms with Gasteiger partial charge in [0.15, 0.2) is 0 Å². The topological polar surface area (TPSA) is 72.5 Å². The van der Waals surface area contributed by atoms with Gasteiger partial charge in [-0.2, -0.15) is 0 Å². The van der Waals surface area contributed by atoms with Crippen molar-refractivity contribution < 1.29 is 14.6 Å². The molecule has 3 N–H and O–H groups in total. The third-order valence-corrected chi connectivity index (χ3v) is 3.24. The second-order valence-corrected chi connectivity index (χ2v) is 5.15. The second-order valence-electron chi connectivity index (χ2n) is 4.71. The van der Waals surface area contributed by atoms with Gasteiger partial charge in [-0.15, -0.1) is 0 Å². The van der Waals surface area contributed by atoms with Gasteiger partial charge in [0.2, 0.25) is 0 Å². The summed E-state index contributed by atoms with van der Waals surface area (Å²) in [5, 5.41) is 9.50. The Labute approximate surface area is 128 Å². The Kier molecular flexibility index (Phi) is 5.20. The Morgan fingerprint density at radius 1 is 1.19 bits per heavy atom. The van der Waals surface area contributed by atoms with E-state index in [1.165, 1.54) is 0 Å². The van der Waals surface area contributed by atoms with Gasteiger partial charge in [0, 0.05) is 5.02 Å². The van der Waals surface area contributed by atoms with E-state index in [0.29, 0.717) is 17.4 Å². The van der Waals surface area contributed by atoms with Crippen LogP contribution in [0.5, 0.6) is 5.75 Å². The van der Waals surface area contributed by atoms with Gasteiger partial charge in [0.05, 0.1) is 0 Å². The minimum absolute atomic E-state index is 0.271. The number of carbonyl (C=O) groups is 1. The average molecular weight is 306 g/mol. The van der Waals surface area contributed by atoms with Crippen molar-refractivity contribution in [3.63, 3.8) is 0 Å². The van der Waals surface area contributed by atoms with Crippen molar-refractivity contribution in [3.8, 4) is 5.75 Å². The van der Waals surface area contributed by atoms with Crippen LogP contribution in [-0.4, -0.2) is 17.1 Å². The predicted molar refractivity (Wildman–Crippen MR) is 81.5 cm³/mol. The zero-order valence-corrected chi connectivity index (χ0v) is 12.1. The van der Waals surface area contributed by atoms with Crippen LogP contribution in [0.1, 0.15) is 11.1 Å². The highest BCUT2D eigenvalue weighted by Crippen LogP contribution is 2.17. The molecule has 2 aromatic rings. The normalized spacial score (nSPS) is 11.9. The summed E-state index contributed by atoms with van der Waals surface area (Å²) < 4.78 is 5.68. The lowest BCUT2D eigenvalue weighted by Crippen LogP contribution is -2.32. The summed E-state index contributed by atoms with van der Waals surface area (Å²) in [5.74, 6) is -0.331. The first kappa shape index (κ1) is 15.4. The van der Waals surface area contributed by atoms with Crippen molar-refractivity contribution in [1.29, 1.82) is 0 Å². The summed E-state index contributed by atoms with van der Waals surface area (Å²) in [6, 6.07) is 13.8. The number of carboxylic acid groups (broad SMARTS) is 1. The Balaban J connectivity index is 1.97. The zero-order valence-electron chi connectivity index (χ0n) is 11.3. The molecule has 0 spiro atoms. The number of ether oxygens (including phenoxy) is 1. The van der Waals surface area contributed by atoms with Crippen LogP contribution in [0.15, 0.2) is 48.5 Å². The fourth-order valence-corrected chi connectivity index (χ4v) is 1.98. The van der Waals surface area contributed by atoms with Crippen LogP contribution in [0.25, 0.3) is 0 Å². The van der Waals surface area contributed by atoms with E-state index in [2.05, 4.69) is 0 Å². The molecule has 0 saturated carbocycles. The van der Waals surface area contributed by atoms with Crippen molar-refractivity contribution >= 4 is 17.6 Å². The smallest absolute Gasteiger partial charge is 0.320 e. The largest absolute Gasteiger partial charge is 0.489 e. The molecule has 1 atom stereocenters. The van der Waals surface area contributed by atoms with Crippen LogP contribution >= 0.6 is 11.6 Å². The van der Waals surface area contributed by atoms with Crippen molar-refractivity contribution in [1.82, 2.24) is 0 Å². The molecule has 0 saturated heterocycles. The Bertz CT molecular complexity index is 613. The first-order chi connectivity index (χ1) is 10.0. The maximum Gasteiger partial charge on any atom is 0.320 e. The van der Waals surface area contributed by atoms with Crippen LogP contribution < -0.4 is 10.5 Å². The number of halogens is 1. The highest BCUT2D eigenvalue weighted by Gasteiger charge is 2.12. The molecule has 5 heteroatoms. The van der Waals surface area contributed by atoms with E-state index in [1.54, 1.807) is 6.07 Å². The van der Waals surface area contributed by atoms with Crippen molar-refractivity contribution in [2.45, 2.75) is 19.1 Å². The summed E-state index contributed by atoms with van der Waals surface area (Å²) in [6.07, 6.45) is 0.271. The van der Waals surface area contributed by atoms with E-state index < -0.39 is 12.0 Å². The molecule has 4 nitrogen and oxygen atoms in total. The standard InChI is InChI=1S/C16H16ClNO3/c17-13-6-4-11(5-7-13)10-21-14-3-1-2-12(8-14)9-15(18)16(19)20/h1-8,15H,9-10,18H2,(H,19,20). The molecule has 21 heavy (non-hydrogen) atoms. The third kappa shape index (κ3) is 4.77. The van der Waals surface area contributed by atoms with E-state index in [0.717, 1.165) is 11.1 Å². The molecule has 0 aliphatic rings. The molecular weight excluding hydrogens is 290 g/mol. The van der Waals surface area contributed by atoms with Gasteiger partial charge in [-0.1, -0.05) is 35.9 Å². The zero-order chi connectivity index (χ0) is 15.2. The molecule has 0 radical (unpaired) electrons. The van der Waals surface area contributed by atoms with Gasteiger partial charge in [0.25, 0.3) is 0 Å². The van der Waals surface area contributed by atoms with Gasteiger partial charge >= 0.3 is 5.97 Å². The van der Waals surface area contributed by atoms with Crippen molar-refractivity contribution in [2.75, 3.05) is 0 Å².